The Kier molecular flexibility index (Phi) is 8.52. The van der Waals surface area contributed by atoms with Crippen LogP contribution in [-0.4, -0.2) is 22.4 Å². The highest BCUT2D eigenvalue weighted by Gasteiger charge is 2.14. The molecule has 0 aliphatic heterocycles. The molecule has 0 radical (unpaired) electrons. The van der Waals surface area contributed by atoms with Crippen molar-refractivity contribution in [1.82, 2.24) is 0 Å². The Morgan fingerprint density at radius 3 is 2.48 bits per heavy atom. The molecule has 6 nitrogen and oxygen atoms in total. The number of halogens is 2. The van der Waals surface area contributed by atoms with E-state index in [9.17, 15) is 9.90 Å². The van der Waals surface area contributed by atoms with Gasteiger partial charge in [0.25, 0.3) is 0 Å². The minimum absolute atomic E-state index is 0.148. The molecule has 0 saturated carbocycles. The second-order valence-electron chi connectivity index (χ2n) is 7.45. The number of oxime groups is 1. The lowest BCUT2D eigenvalue weighted by Crippen LogP contribution is -2.02. The van der Waals surface area contributed by atoms with Crippen molar-refractivity contribution in [2.45, 2.75) is 32.6 Å². The Bertz CT molecular complexity index is 1160. The van der Waals surface area contributed by atoms with Gasteiger partial charge in [-0.25, -0.2) is 0 Å². The number of rotatable bonds is 9. The molecule has 3 aromatic carbocycles. The summed E-state index contributed by atoms with van der Waals surface area (Å²) in [7, 11) is 0. The van der Waals surface area contributed by atoms with Crippen LogP contribution in [0, 0.1) is 0 Å². The number of para-hydroxylation sites is 1. The fourth-order valence-corrected chi connectivity index (χ4v) is 4.51. The van der Waals surface area contributed by atoms with E-state index in [1.54, 1.807) is 36.4 Å². The number of hydrogen-bond donors (Lipinski definition) is 2. The van der Waals surface area contributed by atoms with E-state index in [4.69, 9.17) is 14.7 Å². The van der Waals surface area contributed by atoms with Crippen LogP contribution in [0.2, 0.25) is 0 Å². The van der Waals surface area contributed by atoms with Crippen molar-refractivity contribution in [3.05, 3.63) is 80.2 Å². The number of aliphatic carboxylic acids is 1. The first kappa shape index (κ1) is 24.8. The smallest absolute Gasteiger partial charge is 0.307 e. The van der Waals surface area contributed by atoms with E-state index in [0.29, 0.717) is 31.8 Å². The normalized spacial score (nSPS) is 12.0. The quantitative estimate of drug-likeness (QED) is 0.207. The van der Waals surface area contributed by atoms with Crippen molar-refractivity contribution in [2.75, 3.05) is 0 Å². The van der Waals surface area contributed by atoms with Gasteiger partial charge in [-0.2, -0.15) is 0 Å². The van der Waals surface area contributed by atoms with Crippen molar-refractivity contribution in [3.63, 3.8) is 0 Å². The standard InChI is InChI=1S/C25H23Br2NO5/c1-3-15(2)19-13-18(8-9-22(19)29)32-25-20(26)10-16(11-21(25)27)14-28-33-23-7-5-4-6-17(23)12-24(30)31/h4-11,13-15,29H,3,12H2,1-2H3,(H,30,31). The van der Waals surface area contributed by atoms with E-state index in [1.807, 2.05) is 18.2 Å². The van der Waals surface area contributed by atoms with Crippen LogP contribution in [0.1, 0.15) is 42.9 Å². The molecule has 0 bridgehead atoms. The summed E-state index contributed by atoms with van der Waals surface area (Å²) < 4.78 is 7.47. The third kappa shape index (κ3) is 6.58. The first-order valence-electron chi connectivity index (χ1n) is 10.3. The molecule has 0 aliphatic carbocycles. The number of carboxylic acids is 1. The van der Waals surface area contributed by atoms with Crippen LogP contribution in [-0.2, 0) is 11.2 Å². The first-order chi connectivity index (χ1) is 15.8. The molecule has 172 valence electrons. The summed E-state index contributed by atoms with van der Waals surface area (Å²) in [6.07, 6.45) is 2.28. The summed E-state index contributed by atoms with van der Waals surface area (Å²) in [6, 6.07) is 15.7. The molecule has 2 N–H and O–H groups in total. The molecule has 0 saturated heterocycles. The van der Waals surface area contributed by atoms with Crippen LogP contribution < -0.4 is 9.57 Å². The Balaban J connectivity index is 1.77. The van der Waals surface area contributed by atoms with E-state index in [-0.39, 0.29) is 18.1 Å². The molecule has 0 fully saturated rings. The van der Waals surface area contributed by atoms with Gasteiger partial charge in [-0.15, -0.1) is 0 Å². The average molecular weight is 577 g/mol. The predicted molar refractivity (Wildman–Crippen MR) is 135 cm³/mol. The van der Waals surface area contributed by atoms with Gasteiger partial charge in [0, 0.05) is 11.1 Å². The van der Waals surface area contributed by atoms with E-state index >= 15 is 0 Å². The average Bonchev–Trinajstić information content (AvgIpc) is 2.77. The van der Waals surface area contributed by atoms with Crippen LogP contribution in [0.5, 0.6) is 23.0 Å². The Hall–Kier alpha value is -2.84. The lowest BCUT2D eigenvalue weighted by Gasteiger charge is -2.15. The third-order valence-electron chi connectivity index (χ3n) is 5.05. The number of ether oxygens (including phenoxy) is 1. The largest absolute Gasteiger partial charge is 0.508 e. The summed E-state index contributed by atoms with van der Waals surface area (Å²) in [4.78, 5) is 16.4. The van der Waals surface area contributed by atoms with Gasteiger partial charge in [-0.1, -0.05) is 37.2 Å². The highest BCUT2D eigenvalue weighted by atomic mass is 79.9. The highest BCUT2D eigenvalue weighted by molar-refractivity contribution is 9.11. The summed E-state index contributed by atoms with van der Waals surface area (Å²) in [5.41, 5.74) is 2.12. The summed E-state index contributed by atoms with van der Waals surface area (Å²) in [6.45, 7) is 4.13. The number of benzene rings is 3. The molecule has 33 heavy (non-hydrogen) atoms. The second-order valence-corrected chi connectivity index (χ2v) is 9.16. The summed E-state index contributed by atoms with van der Waals surface area (Å²) in [5.74, 6) is 1.11. The third-order valence-corrected chi connectivity index (χ3v) is 6.23. The molecule has 0 amide bonds. The number of phenolic OH excluding ortho intramolecular Hbond substituents is 1. The van der Waals surface area contributed by atoms with Crippen LogP contribution in [0.3, 0.4) is 0 Å². The van der Waals surface area contributed by atoms with Crippen molar-refractivity contribution >= 4 is 44.0 Å². The Morgan fingerprint density at radius 2 is 1.82 bits per heavy atom. The summed E-state index contributed by atoms with van der Waals surface area (Å²) >= 11 is 7.07. The molecule has 1 atom stereocenters. The van der Waals surface area contributed by atoms with Crippen molar-refractivity contribution in [1.29, 1.82) is 0 Å². The fourth-order valence-electron chi connectivity index (χ4n) is 3.13. The van der Waals surface area contributed by atoms with Gasteiger partial charge in [0.2, 0.25) is 0 Å². The minimum atomic E-state index is -0.941. The van der Waals surface area contributed by atoms with E-state index in [1.165, 1.54) is 6.21 Å². The van der Waals surface area contributed by atoms with Gasteiger partial charge >= 0.3 is 5.97 Å². The van der Waals surface area contributed by atoms with Crippen LogP contribution >= 0.6 is 31.9 Å². The molecule has 0 aliphatic rings. The molecular formula is C25H23Br2NO5. The molecule has 3 aromatic rings. The zero-order valence-corrected chi connectivity index (χ0v) is 21.3. The predicted octanol–water partition coefficient (Wildman–Crippen LogP) is 7.26. The lowest BCUT2D eigenvalue weighted by atomic mass is 9.97. The number of carbonyl (C=O) groups is 1. The molecule has 0 aromatic heterocycles. The van der Waals surface area contributed by atoms with E-state index in [2.05, 4.69) is 50.9 Å². The second kappa shape index (κ2) is 11.3. The van der Waals surface area contributed by atoms with Crippen molar-refractivity contribution < 1.29 is 24.6 Å². The number of hydrogen-bond acceptors (Lipinski definition) is 5. The SMILES string of the molecule is CCC(C)c1cc(Oc2c(Br)cc(C=NOc3ccccc3CC(=O)O)cc2Br)ccc1O. The molecule has 0 spiro atoms. The van der Waals surface area contributed by atoms with E-state index in [0.717, 1.165) is 17.5 Å². The topological polar surface area (TPSA) is 88.4 Å². The van der Waals surface area contributed by atoms with Crippen LogP contribution in [0.25, 0.3) is 0 Å². The van der Waals surface area contributed by atoms with Crippen molar-refractivity contribution in [3.8, 4) is 23.0 Å². The van der Waals surface area contributed by atoms with Gasteiger partial charge in [-0.3, -0.25) is 4.79 Å². The maximum Gasteiger partial charge on any atom is 0.307 e. The van der Waals surface area contributed by atoms with Crippen LogP contribution in [0.15, 0.2) is 68.7 Å². The molecular weight excluding hydrogens is 554 g/mol. The van der Waals surface area contributed by atoms with Gasteiger partial charge in [-0.05, 0) is 86.2 Å². The minimum Gasteiger partial charge on any atom is -0.508 e. The monoisotopic (exact) mass is 575 g/mol. The number of phenols is 1. The highest BCUT2D eigenvalue weighted by Crippen LogP contribution is 2.39. The van der Waals surface area contributed by atoms with Gasteiger partial charge in [0.05, 0.1) is 21.6 Å². The number of nitrogens with zero attached hydrogens (tertiary/aromatic N) is 1. The number of carboxylic acid groups (broad SMARTS) is 1. The maximum absolute atomic E-state index is 11.0. The maximum atomic E-state index is 11.0. The zero-order chi connectivity index (χ0) is 24.0. The lowest BCUT2D eigenvalue weighted by molar-refractivity contribution is -0.136. The molecule has 3 rings (SSSR count). The molecule has 0 heterocycles. The number of aromatic hydroxyl groups is 1. The van der Waals surface area contributed by atoms with Crippen LogP contribution in [0.4, 0.5) is 0 Å². The Labute approximate surface area is 209 Å². The van der Waals surface area contributed by atoms with Gasteiger partial charge in [0.15, 0.2) is 11.5 Å². The Morgan fingerprint density at radius 1 is 1.12 bits per heavy atom. The molecule has 1 unspecified atom stereocenters. The first-order valence-corrected chi connectivity index (χ1v) is 11.9. The van der Waals surface area contributed by atoms with Crippen molar-refractivity contribution in [2.24, 2.45) is 5.16 Å². The summed E-state index contributed by atoms with van der Waals surface area (Å²) in [5, 5.41) is 23.2. The van der Waals surface area contributed by atoms with Gasteiger partial charge < -0.3 is 19.8 Å². The zero-order valence-electron chi connectivity index (χ0n) is 18.1. The fraction of sp³-hybridized carbons (Fsp3) is 0.200. The van der Waals surface area contributed by atoms with E-state index < -0.39 is 5.97 Å². The molecule has 8 heteroatoms. The van der Waals surface area contributed by atoms with Gasteiger partial charge in [0.1, 0.15) is 11.5 Å².